The lowest BCUT2D eigenvalue weighted by Crippen LogP contribution is -2.13. The fourth-order valence-corrected chi connectivity index (χ4v) is 2.26. The Kier molecular flexibility index (Phi) is 3.51. The molecule has 0 saturated carbocycles. The number of benzene rings is 1. The average molecular weight is 258 g/mol. The van der Waals surface area contributed by atoms with Crippen LogP contribution in [-0.4, -0.2) is 24.7 Å². The Morgan fingerprint density at radius 2 is 2.16 bits per heavy atom. The zero-order valence-electron chi connectivity index (χ0n) is 11.1. The van der Waals surface area contributed by atoms with Crippen LogP contribution in [-0.2, 0) is 4.74 Å². The number of aryl methyl sites for hydroxylation is 1. The van der Waals surface area contributed by atoms with Gasteiger partial charge in [0.2, 0.25) is 0 Å². The Labute approximate surface area is 112 Å². The Balaban J connectivity index is 1.62. The van der Waals surface area contributed by atoms with E-state index in [4.69, 9.17) is 9.15 Å². The van der Waals surface area contributed by atoms with Crippen LogP contribution in [0.2, 0.25) is 0 Å². The van der Waals surface area contributed by atoms with Crippen molar-refractivity contribution < 1.29 is 9.15 Å². The van der Waals surface area contributed by atoms with E-state index >= 15 is 0 Å². The topological polar surface area (TPSA) is 47.3 Å². The molecule has 0 radical (unpaired) electrons. The van der Waals surface area contributed by atoms with Crippen molar-refractivity contribution in [3.8, 4) is 11.3 Å². The van der Waals surface area contributed by atoms with Crippen LogP contribution in [0.1, 0.15) is 12.3 Å². The van der Waals surface area contributed by atoms with E-state index in [1.54, 1.807) is 6.26 Å². The summed E-state index contributed by atoms with van der Waals surface area (Å²) < 4.78 is 10.6. The Hall–Kier alpha value is -1.81. The molecule has 1 aliphatic heterocycles. The third kappa shape index (κ3) is 2.96. The summed E-state index contributed by atoms with van der Waals surface area (Å²) >= 11 is 0. The van der Waals surface area contributed by atoms with Gasteiger partial charge < -0.3 is 14.5 Å². The minimum absolute atomic E-state index is 0.637. The quantitative estimate of drug-likeness (QED) is 0.915. The van der Waals surface area contributed by atoms with Gasteiger partial charge in [-0.15, -0.1) is 0 Å². The summed E-state index contributed by atoms with van der Waals surface area (Å²) in [5.74, 6) is 1.33. The van der Waals surface area contributed by atoms with Gasteiger partial charge in [-0.05, 0) is 18.6 Å². The van der Waals surface area contributed by atoms with Crippen LogP contribution in [0.4, 0.5) is 5.69 Å². The first-order valence-electron chi connectivity index (χ1n) is 6.65. The van der Waals surface area contributed by atoms with E-state index in [-0.39, 0.29) is 0 Å². The van der Waals surface area contributed by atoms with Crippen LogP contribution < -0.4 is 5.32 Å². The van der Waals surface area contributed by atoms with E-state index in [1.807, 2.05) is 6.92 Å². The average Bonchev–Trinajstić information content (AvgIpc) is 3.08. The predicted octanol–water partition coefficient (Wildman–Crippen LogP) is 3.10. The number of nitrogens with one attached hydrogen (secondary N) is 1. The van der Waals surface area contributed by atoms with E-state index in [9.17, 15) is 0 Å². The van der Waals surface area contributed by atoms with Gasteiger partial charge in [-0.2, -0.15) is 0 Å². The second kappa shape index (κ2) is 5.45. The van der Waals surface area contributed by atoms with Gasteiger partial charge in [-0.1, -0.05) is 12.1 Å². The molecule has 1 aromatic heterocycles. The number of nitrogens with zero attached hydrogens (tertiary/aromatic N) is 1. The number of hydrogen-bond acceptors (Lipinski definition) is 4. The molecule has 1 fully saturated rings. The monoisotopic (exact) mass is 258 g/mol. The van der Waals surface area contributed by atoms with Gasteiger partial charge in [0.25, 0.3) is 0 Å². The smallest absolute Gasteiger partial charge is 0.191 e. The molecular weight excluding hydrogens is 240 g/mol. The van der Waals surface area contributed by atoms with Gasteiger partial charge in [0.15, 0.2) is 5.89 Å². The summed E-state index contributed by atoms with van der Waals surface area (Å²) in [4.78, 5) is 4.32. The molecule has 2 aromatic rings. The van der Waals surface area contributed by atoms with Gasteiger partial charge in [0, 0.05) is 37.2 Å². The van der Waals surface area contributed by atoms with Crippen molar-refractivity contribution in [3.05, 3.63) is 36.4 Å². The summed E-state index contributed by atoms with van der Waals surface area (Å²) in [6, 6.07) is 8.28. The van der Waals surface area contributed by atoms with Crippen molar-refractivity contribution in [3.63, 3.8) is 0 Å². The van der Waals surface area contributed by atoms with Gasteiger partial charge >= 0.3 is 0 Å². The van der Waals surface area contributed by atoms with Gasteiger partial charge in [-0.3, -0.25) is 0 Å². The molecular formula is C15H18N2O2. The molecule has 1 aromatic carbocycles. The van der Waals surface area contributed by atoms with E-state index in [0.717, 1.165) is 43.1 Å². The molecule has 1 N–H and O–H groups in total. The molecule has 0 aliphatic carbocycles. The lowest BCUT2D eigenvalue weighted by Gasteiger charge is -2.10. The third-order valence-corrected chi connectivity index (χ3v) is 3.42. The summed E-state index contributed by atoms with van der Waals surface area (Å²) in [5.41, 5.74) is 3.09. The fraction of sp³-hybridized carbons (Fsp3) is 0.400. The van der Waals surface area contributed by atoms with E-state index in [0.29, 0.717) is 11.8 Å². The normalized spacial score (nSPS) is 18.7. The lowest BCUT2D eigenvalue weighted by atomic mass is 10.1. The molecule has 3 rings (SSSR count). The Bertz CT molecular complexity index is 527. The second-order valence-corrected chi connectivity index (χ2v) is 4.94. The maximum Gasteiger partial charge on any atom is 0.191 e. The molecule has 2 heterocycles. The number of anilines is 1. The van der Waals surface area contributed by atoms with Crippen molar-refractivity contribution in [2.24, 2.45) is 5.92 Å². The van der Waals surface area contributed by atoms with E-state index < -0.39 is 0 Å². The zero-order chi connectivity index (χ0) is 13.1. The highest BCUT2D eigenvalue weighted by atomic mass is 16.5. The molecule has 1 unspecified atom stereocenters. The van der Waals surface area contributed by atoms with Crippen molar-refractivity contribution in [2.75, 3.05) is 25.1 Å². The highest BCUT2D eigenvalue weighted by molar-refractivity contribution is 5.61. The van der Waals surface area contributed by atoms with Crippen LogP contribution in [0.5, 0.6) is 0 Å². The SMILES string of the molecule is Cc1nc(-c2ccc(NCC3CCOC3)cc2)co1. The minimum Gasteiger partial charge on any atom is -0.449 e. The largest absolute Gasteiger partial charge is 0.449 e. The fourth-order valence-electron chi connectivity index (χ4n) is 2.26. The van der Waals surface area contributed by atoms with Crippen molar-refractivity contribution >= 4 is 5.69 Å². The number of ether oxygens (including phenoxy) is 1. The molecule has 0 spiro atoms. The van der Waals surface area contributed by atoms with Crippen molar-refractivity contribution in [2.45, 2.75) is 13.3 Å². The molecule has 4 nitrogen and oxygen atoms in total. The van der Waals surface area contributed by atoms with Crippen LogP contribution >= 0.6 is 0 Å². The Morgan fingerprint density at radius 1 is 1.32 bits per heavy atom. The molecule has 0 amide bonds. The van der Waals surface area contributed by atoms with Crippen LogP contribution in [0, 0.1) is 12.8 Å². The Morgan fingerprint density at radius 3 is 2.79 bits per heavy atom. The van der Waals surface area contributed by atoms with E-state index in [2.05, 4.69) is 34.6 Å². The molecule has 1 atom stereocenters. The summed E-state index contributed by atoms with van der Waals surface area (Å²) in [5, 5.41) is 3.45. The first-order valence-corrected chi connectivity index (χ1v) is 6.65. The standard InChI is InChI=1S/C15H18N2O2/c1-11-17-15(10-19-11)13-2-4-14(5-3-13)16-8-12-6-7-18-9-12/h2-5,10,12,16H,6-9H2,1H3. The summed E-state index contributed by atoms with van der Waals surface area (Å²) in [6.07, 6.45) is 2.84. The third-order valence-electron chi connectivity index (χ3n) is 3.42. The molecule has 100 valence electrons. The highest BCUT2D eigenvalue weighted by Gasteiger charge is 2.14. The zero-order valence-corrected chi connectivity index (χ0v) is 11.1. The first kappa shape index (κ1) is 12.2. The molecule has 0 bridgehead atoms. The van der Waals surface area contributed by atoms with Crippen LogP contribution in [0.15, 0.2) is 34.9 Å². The van der Waals surface area contributed by atoms with Crippen LogP contribution in [0.3, 0.4) is 0 Å². The maximum absolute atomic E-state index is 5.37. The molecule has 19 heavy (non-hydrogen) atoms. The highest BCUT2D eigenvalue weighted by Crippen LogP contribution is 2.21. The number of hydrogen-bond donors (Lipinski definition) is 1. The second-order valence-electron chi connectivity index (χ2n) is 4.94. The lowest BCUT2D eigenvalue weighted by molar-refractivity contribution is 0.187. The van der Waals surface area contributed by atoms with Crippen molar-refractivity contribution in [1.29, 1.82) is 0 Å². The van der Waals surface area contributed by atoms with Crippen molar-refractivity contribution in [1.82, 2.24) is 4.98 Å². The number of oxazole rings is 1. The maximum atomic E-state index is 5.37. The minimum atomic E-state index is 0.637. The molecule has 1 aliphatic rings. The molecule has 4 heteroatoms. The van der Waals surface area contributed by atoms with Gasteiger partial charge in [-0.25, -0.2) is 4.98 Å². The van der Waals surface area contributed by atoms with Gasteiger partial charge in [0.1, 0.15) is 12.0 Å². The predicted molar refractivity (Wildman–Crippen MR) is 74.1 cm³/mol. The van der Waals surface area contributed by atoms with E-state index in [1.165, 1.54) is 0 Å². The number of aromatic nitrogens is 1. The molecule has 1 saturated heterocycles. The summed E-state index contributed by atoms with van der Waals surface area (Å²) in [6.45, 7) is 4.60. The number of rotatable bonds is 4. The summed E-state index contributed by atoms with van der Waals surface area (Å²) in [7, 11) is 0. The first-order chi connectivity index (χ1) is 9.31. The van der Waals surface area contributed by atoms with Gasteiger partial charge in [0.05, 0.1) is 6.61 Å². The van der Waals surface area contributed by atoms with Crippen LogP contribution in [0.25, 0.3) is 11.3 Å².